The molecule has 0 saturated carbocycles. The molecule has 3 N–H and O–H groups in total. The molecule has 0 aliphatic heterocycles. The first-order valence-electron chi connectivity index (χ1n) is 24.4. The van der Waals surface area contributed by atoms with Gasteiger partial charge in [-0.1, -0.05) is 187 Å². The molecule has 8 nitrogen and oxygen atoms in total. The Morgan fingerprint density at radius 2 is 0.855 bits per heavy atom. The maximum atomic E-state index is 12.6. The molecule has 0 aliphatic carbocycles. The Balaban J connectivity index is 4.04. The molecular formula is C53H90NO7P. The number of carbonyl (C=O) groups excluding carboxylic acids is 1. The van der Waals surface area contributed by atoms with Crippen molar-refractivity contribution < 1.29 is 32.8 Å². The first-order valence-corrected chi connectivity index (χ1v) is 25.9. The van der Waals surface area contributed by atoms with Gasteiger partial charge in [0.15, 0.2) is 0 Å². The lowest BCUT2D eigenvalue weighted by molar-refractivity contribution is -0.154. The monoisotopic (exact) mass is 884 g/mol. The molecular weight excluding hydrogens is 794 g/mol. The number of ether oxygens (including phenoxy) is 2. The minimum atomic E-state index is -4.30. The van der Waals surface area contributed by atoms with Crippen LogP contribution in [-0.2, 0) is 27.9 Å². The number of esters is 1. The Morgan fingerprint density at radius 1 is 0.484 bits per heavy atom. The first kappa shape index (κ1) is 59.2. The Kier molecular flexibility index (Phi) is 46.9. The first-order chi connectivity index (χ1) is 30.4. The molecule has 0 aromatic carbocycles. The van der Waals surface area contributed by atoms with Gasteiger partial charge in [0.25, 0.3) is 0 Å². The van der Waals surface area contributed by atoms with Crippen LogP contribution in [0.4, 0.5) is 0 Å². The van der Waals surface area contributed by atoms with E-state index in [-0.39, 0.29) is 32.3 Å². The summed E-state index contributed by atoms with van der Waals surface area (Å²) in [7, 11) is -4.30. The van der Waals surface area contributed by atoms with Crippen molar-refractivity contribution in [2.45, 2.75) is 187 Å². The van der Waals surface area contributed by atoms with Crippen molar-refractivity contribution in [3.63, 3.8) is 0 Å². The second kappa shape index (κ2) is 49.2. The molecule has 0 fully saturated rings. The van der Waals surface area contributed by atoms with Crippen LogP contribution in [0.15, 0.2) is 109 Å². The van der Waals surface area contributed by atoms with Crippen LogP contribution in [0, 0.1) is 0 Å². The number of hydrogen-bond acceptors (Lipinski definition) is 7. The second-order valence-electron chi connectivity index (χ2n) is 15.6. The van der Waals surface area contributed by atoms with Crippen molar-refractivity contribution in [3.8, 4) is 0 Å². The Morgan fingerprint density at radius 3 is 1.27 bits per heavy atom. The van der Waals surface area contributed by atoms with Crippen LogP contribution < -0.4 is 5.73 Å². The van der Waals surface area contributed by atoms with Crippen molar-refractivity contribution >= 4 is 13.8 Å². The minimum Gasteiger partial charge on any atom is -0.457 e. The van der Waals surface area contributed by atoms with Gasteiger partial charge in [0.1, 0.15) is 6.10 Å². The lowest BCUT2D eigenvalue weighted by atomic mass is 10.0. The minimum absolute atomic E-state index is 0.0797. The highest BCUT2D eigenvalue weighted by atomic mass is 31.2. The number of allylic oxidation sites excluding steroid dienone is 18. The SMILES string of the molecule is CC/C=C\C/C=C\C/C=C\C/C=C\C/C=C\CCCCOCC(COP(=O)(O)OCCN)OC(=O)CCCCCCCCCCCCCC/C=C\C/C=C\C/C=C\C/C=C\CC. The summed E-state index contributed by atoms with van der Waals surface area (Å²) >= 11 is 0. The lowest BCUT2D eigenvalue weighted by Gasteiger charge is -2.20. The highest BCUT2D eigenvalue weighted by molar-refractivity contribution is 7.47. The van der Waals surface area contributed by atoms with Gasteiger partial charge in [0, 0.05) is 19.6 Å². The summed E-state index contributed by atoms with van der Waals surface area (Å²) in [5.41, 5.74) is 5.38. The van der Waals surface area contributed by atoms with Crippen LogP contribution in [0.25, 0.3) is 0 Å². The molecule has 0 spiro atoms. The van der Waals surface area contributed by atoms with Crippen molar-refractivity contribution in [2.24, 2.45) is 5.73 Å². The van der Waals surface area contributed by atoms with Gasteiger partial charge in [-0.3, -0.25) is 13.8 Å². The topological polar surface area (TPSA) is 117 Å². The second-order valence-corrected chi connectivity index (χ2v) is 17.0. The normalized spacial score (nSPS) is 14.3. The van der Waals surface area contributed by atoms with Gasteiger partial charge in [0.05, 0.1) is 19.8 Å². The van der Waals surface area contributed by atoms with Crippen molar-refractivity contribution in [1.29, 1.82) is 0 Å². The molecule has 0 aromatic rings. The summed E-state index contributed by atoms with van der Waals surface area (Å²) < 4.78 is 33.5. The molecule has 0 aliphatic rings. The summed E-state index contributed by atoms with van der Waals surface area (Å²) in [6, 6.07) is 0. The van der Waals surface area contributed by atoms with Gasteiger partial charge in [-0.05, 0) is 96.3 Å². The summed E-state index contributed by atoms with van der Waals surface area (Å²) in [4.78, 5) is 22.6. The van der Waals surface area contributed by atoms with Crippen LogP contribution in [0.2, 0.25) is 0 Å². The third kappa shape index (κ3) is 48.2. The Hall–Kier alpha value is -2.84. The fourth-order valence-electron chi connectivity index (χ4n) is 6.19. The van der Waals surface area contributed by atoms with Gasteiger partial charge in [-0.15, -0.1) is 0 Å². The van der Waals surface area contributed by atoms with E-state index in [1.54, 1.807) is 0 Å². The molecule has 9 heteroatoms. The van der Waals surface area contributed by atoms with E-state index in [2.05, 4.69) is 123 Å². The fraction of sp³-hybridized carbons (Fsp3) is 0.642. The van der Waals surface area contributed by atoms with Crippen LogP contribution >= 0.6 is 7.82 Å². The van der Waals surface area contributed by atoms with E-state index >= 15 is 0 Å². The number of unbranched alkanes of at least 4 members (excludes halogenated alkanes) is 14. The predicted molar refractivity (Wildman–Crippen MR) is 265 cm³/mol. The molecule has 0 bridgehead atoms. The number of phosphoric acid groups is 1. The third-order valence-electron chi connectivity index (χ3n) is 9.69. The molecule has 2 atom stereocenters. The number of hydrogen-bond donors (Lipinski definition) is 2. The number of nitrogens with two attached hydrogens (primary N) is 1. The molecule has 354 valence electrons. The zero-order valence-corrected chi connectivity index (χ0v) is 40.2. The van der Waals surface area contributed by atoms with E-state index in [0.29, 0.717) is 13.0 Å². The summed E-state index contributed by atoms with van der Waals surface area (Å²) in [5, 5.41) is 0. The number of carbonyl (C=O) groups is 1. The number of phosphoric ester groups is 1. The van der Waals surface area contributed by atoms with Crippen molar-refractivity contribution in [1.82, 2.24) is 0 Å². The zero-order chi connectivity index (χ0) is 45.1. The van der Waals surface area contributed by atoms with Gasteiger partial charge in [-0.25, -0.2) is 4.57 Å². The predicted octanol–water partition coefficient (Wildman–Crippen LogP) is 15.2. The van der Waals surface area contributed by atoms with Crippen molar-refractivity contribution in [2.75, 3.05) is 33.0 Å². The van der Waals surface area contributed by atoms with Crippen LogP contribution in [0.5, 0.6) is 0 Å². The van der Waals surface area contributed by atoms with Crippen LogP contribution in [-0.4, -0.2) is 49.9 Å². The van der Waals surface area contributed by atoms with Crippen LogP contribution in [0.3, 0.4) is 0 Å². The van der Waals surface area contributed by atoms with Gasteiger partial charge in [-0.2, -0.15) is 0 Å². The van der Waals surface area contributed by atoms with E-state index in [1.165, 1.54) is 64.2 Å². The summed E-state index contributed by atoms with van der Waals surface area (Å²) in [6.45, 7) is 4.56. The molecule has 0 amide bonds. The molecule has 0 radical (unpaired) electrons. The van der Waals surface area contributed by atoms with E-state index in [1.807, 2.05) is 0 Å². The van der Waals surface area contributed by atoms with E-state index in [4.69, 9.17) is 24.3 Å². The molecule has 2 unspecified atom stereocenters. The van der Waals surface area contributed by atoms with Gasteiger partial charge in [0.2, 0.25) is 0 Å². The summed E-state index contributed by atoms with van der Waals surface area (Å²) in [6.07, 6.45) is 67.0. The zero-order valence-electron chi connectivity index (χ0n) is 39.3. The maximum absolute atomic E-state index is 12.6. The lowest BCUT2D eigenvalue weighted by Crippen LogP contribution is -2.28. The van der Waals surface area contributed by atoms with Crippen LogP contribution in [0.1, 0.15) is 181 Å². The smallest absolute Gasteiger partial charge is 0.457 e. The number of rotatable bonds is 45. The standard InChI is InChI=1S/C53H90NO7P/c1-3-5-7-9-11-13-15-17-19-21-23-24-25-26-27-28-29-30-32-34-36-38-40-42-44-46-53(55)61-52(51-60-62(56,57)59-49-47-54)50-58-48-45-43-41-39-37-35-33-31-22-20-18-16-14-12-10-8-6-4-2/h5-8,11-14,17-20,23-24,31,33,37,39,52H,3-4,9-10,15-16,21-22,25-30,32,34-36,38,40-51,54H2,1-2H3,(H,56,57)/b7-5-,8-6-,13-11-,14-12-,19-17-,20-18-,24-23-,33-31-,39-37-. The Bertz CT molecular complexity index is 1310. The van der Waals surface area contributed by atoms with E-state index in [0.717, 1.165) is 96.3 Å². The van der Waals surface area contributed by atoms with Crippen molar-refractivity contribution in [3.05, 3.63) is 109 Å². The highest BCUT2D eigenvalue weighted by Gasteiger charge is 2.25. The molecule has 62 heavy (non-hydrogen) atoms. The maximum Gasteiger partial charge on any atom is 0.472 e. The van der Waals surface area contributed by atoms with E-state index < -0.39 is 13.9 Å². The van der Waals surface area contributed by atoms with Gasteiger partial charge < -0.3 is 20.1 Å². The quantitative estimate of drug-likeness (QED) is 0.0269. The fourth-order valence-corrected chi connectivity index (χ4v) is 6.96. The third-order valence-corrected chi connectivity index (χ3v) is 10.7. The molecule has 0 saturated heterocycles. The molecule has 0 aromatic heterocycles. The molecule has 0 heterocycles. The Labute approximate surface area is 380 Å². The largest absolute Gasteiger partial charge is 0.472 e. The van der Waals surface area contributed by atoms with E-state index in [9.17, 15) is 14.3 Å². The van der Waals surface area contributed by atoms with Gasteiger partial charge >= 0.3 is 13.8 Å². The summed E-state index contributed by atoms with van der Waals surface area (Å²) in [5.74, 6) is -0.352. The molecule has 0 rings (SSSR count). The average molecular weight is 884 g/mol. The average Bonchev–Trinajstić information content (AvgIpc) is 3.26. The highest BCUT2D eigenvalue weighted by Crippen LogP contribution is 2.43.